The van der Waals surface area contributed by atoms with Gasteiger partial charge in [0.15, 0.2) is 0 Å². The van der Waals surface area contributed by atoms with Gasteiger partial charge in [-0.2, -0.15) is 0 Å². The molecule has 0 spiro atoms. The van der Waals surface area contributed by atoms with Gasteiger partial charge in [-0.05, 0) is 43.9 Å². The Morgan fingerprint density at radius 1 is 1.10 bits per heavy atom. The molecule has 0 unspecified atom stereocenters. The van der Waals surface area contributed by atoms with Crippen LogP contribution in [0.3, 0.4) is 0 Å². The second-order valence-electron chi connectivity index (χ2n) is 5.35. The van der Waals surface area contributed by atoms with Crippen LogP contribution in [0, 0.1) is 13.8 Å². The zero-order valence-corrected chi connectivity index (χ0v) is 13.5. The Morgan fingerprint density at radius 3 is 2.29 bits per heavy atom. The van der Waals surface area contributed by atoms with Crippen LogP contribution in [0.25, 0.3) is 0 Å². The molecule has 1 aromatic rings. The Morgan fingerprint density at radius 2 is 1.71 bits per heavy atom. The number of carbonyl (C=O) groups excluding carboxylic acids is 2. The SMILES string of the molecule is CCCN(CCC)C(=O)CC(=O)Nc1cccc(C)c1C. The average molecular weight is 290 g/mol. The predicted molar refractivity (Wildman–Crippen MR) is 86.3 cm³/mol. The zero-order valence-electron chi connectivity index (χ0n) is 13.5. The van der Waals surface area contributed by atoms with E-state index in [2.05, 4.69) is 5.32 Å². The molecule has 0 aromatic heterocycles. The van der Waals surface area contributed by atoms with Gasteiger partial charge in [-0.1, -0.05) is 26.0 Å². The van der Waals surface area contributed by atoms with Crippen molar-refractivity contribution in [3.05, 3.63) is 29.3 Å². The van der Waals surface area contributed by atoms with Crippen LogP contribution in [0.2, 0.25) is 0 Å². The number of benzene rings is 1. The number of nitrogens with zero attached hydrogens (tertiary/aromatic N) is 1. The highest BCUT2D eigenvalue weighted by Crippen LogP contribution is 2.18. The van der Waals surface area contributed by atoms with Gasteiger partial charge in [-0.25, -0.2) is 0 Å². The lowest BCUT2D eigenvalue weighted by Crippen LogP contribution is -2.35. The van der Waals surface area contributed by atoms with Gasteiger partial charge in [0.25, 0.3) is 0 Å². The standard InChI is InChI=1S/C17H26N2O2/c1-5-10-19(11-6-2)17(21)12-16(20)18-15-9-7-8-13(3)14(15)4/h7-9H,5-6,10-12H2,1-4H3,(H,18,20). The van der Waals surface area contributed by atoms with Crippen LogP contribution in [0.15, 0.2) is 18.2 Å². The fourth-order valence-electron chi connectivity index (χ4n) is 2.23. The molecule has 0 saturated carbocycles. The van der Waals surface area contributed by atoms with Crippen molar-refractivity contribution in [3.63, 3.8) is 0 Å². The number of nitrogens with one attached hydrogen (secondary N) is 1. The summed E-state index contributed by atoms with van der Waals surface area (Å²) in [6.07, 6.45) is 1.72. The van der Waals surface area contributed by atoms with Gasteiger partial charge in [0.05, 0.1) is 0 Å². The Hall–Kier alpha value is -1.84. The third-order valence-electron chi connectivity index (χ3n) is 3.53. The molecule has 2 amide bonds. The minimum absolute atomic E-state index is 0.0899. The van der Waals surface area contributed by atoms with Crippen LogP contribution < -0.4 is 5.32 Å². The van der Waals surface area contributed by atoms with E-state index >= 15 is 0 Å². The Balaban J connectivity index is 2.64. The number of carbonyl (C=O) groups is 2. The first-order valence-corrected chi connectivity index (χ1v) is 7.63. The molecule has 0 atom stereocenters. The lowest BCUT2D eigenvalue weighted by Gasteiger charge is -2.21. The molecule has 0 bridgehead atoms. The maximum atomic E-state index is 12.1. The van der Waals surface area contributed by atoms with E-state index < -0.39 is 0 Å². The van der Waals surface area contributed by atoms with Crippen molar-refractivity contribution in [1.82, 2.24) is 4.90 Å². The van der Waals surface area contributed by atoms with Gasteiger partial charge < -0.3 is 10.2 Å². The van der Waals surface area contributed by atoms with Crippen molar-refractivity contribution in [3.8, 4) is 0 Å². The van der Waals surface area contributed by atoms with Crippen molar-refractivity contribution in [1.29, 1.82) is 0 Å². The van der Waals surface area contributed by atoms with Crippen molar-refractivity contribution in [2.75, 3.05) is 18.4 Å². The Kier molecular flexibility index (Phi) is 6.92. The van der Waals surface area contributed by atoms with E-state index in [4.69, 9.17) is 0 Å². The maximum Gasteiger partial charge on any atom is 0.233 e. The topological polar surface area (TPSA) is 49.4 Å². The van der Waals surface area contributed by atoms with E-state index in [1.54, 1.807) is 4.90 Å². The number of anilines is 1. The van der Waals surface area contributed by atoms with Crippen LogP contribution in [0.5, 0.6) is 0 Å². The highest BCUT2D eigenvalue weighted by Gasteiger charge is 2.16. The monoisotopic (exact) mass is 290 g/mol. The summed E-state index contributed by atoms with van der Waals surface area (Å²) < 4.78 is 0. The second kappa shape index (κ2) is 8.45. The molecule has 0 fully saturated rings. The first kappa shape index (κ1) is 17.2. The molecule has 1 rings (SSSR count). The third-order valence-corrected chi connectivity index (χ3v) is 3.53. The quantitative estimate of drug-likeness (QED) is 0.783. The third kappa shape index (κ3) is 5.21. The summed E-state index contributed by atoms with van der Waals surface area (Å²) in [5, 5.41) is 2.83. The van der Waals surface area contributed by atoms with Crippen molar-refractivity contribution in [2.24, 2.45) is 0 Å². The normalized spacial score (nSPS) is 10.3. The van der Waals surface area contributed by atoms with Gasteiger partial charge >= 0.3 is 0 Å². The van der Waals surface area contributed by atoms with E-state index in [0.29, 0.717) is 13.1 Å². The molecule has 4 heteroatoms. The number of aryl methyl sites for hydroxylation is 1. The van der Waals surface area contributed by atoms with Crippen molar-refractivity contribution < 1.29 is 9.59 Å². The summed E-state index contributed by atoms with van der Waals surface area (Å²) in [7, 11) is 0. The predicted octanol–water partition coefficient (Wildman–Crippen LogP) is 3.28. The Bertz CT molecular complexity index is 492. The average Bonchev–Trinajstić information content (AvgIpc) is 2.43. The fraction of sp³-hybridized carbons (Fsp3) is 0.529. The van der Waals surface area contributed by atoms with Crippen LogP contribution >= 0.6 is 0 Å². The van der Waals surface area contributed by atoms with E-state index in [1.807, 2.05) is 45.9 Å². The van der Waals surface area contributed by atoms with Gasteiger partial charge in [0.1, 0.15) is 6.42 Å². The minimum atomic E-state index is -0.245. The smallest absolute Gasteiger partial charge is 0.233 e. The van der Waals surface area contributed by atoms with Crippen LogP contribution in [-0.4, -0.2) is 29.8 Å². The van der Waals surface area contributed by atoms with Gasteiger partial charge in [-0.15, -0.1) is 0 Å². The Labute approximate surface area is 127 Å². The molecule has 0 aliphatic heterocycles. The molecular weight excluding hydrogens is 264 g/mol. The molecule has 0 heterocycles. The van der Waals surface area contributed by atoms with E-state index in [-0.39, 0.29) is 18.2 Å². The molecule has 1 N–H and O–H groups in total. The summed E-state index contributed by atoms with van der Waals surface area (Å²) in [5.41, 5.74) is 2.94. The lowest BCUT2D eigenvalue weighted by atomic mass is 10.1. The number of hydrogen-bond acceptors (Lipinski definition) is 2. The molecule has 4 nitrogen and oxygen atoms in total. The van der Waals surface area contributed by atoms with Crippen LogP contribution in [0.1, 0.15) is 44.2 Å². The molecule has 21 heavy (non-hydrogen) atoms. The van der Waals surface area contributed by atoms with E-state index in [0.717, 1.165) is 29.7 Å². The summed E-state index contributed by atoms with van der Waals surface area (Å²) >= 11 is 0. The summed E-state index contributed by atoms with van der Waals surface area (Å²) in [6.45, 7) is 9.46. The van der Waals surface area contributed by atoms with Gasteiger partial charge in [0, 0.05) is 18.8 Å². The molecular formula is C17H26N2O2. The lowest BCUT2D eigenvalue weighted by molar-refractivity contribution is -0.134. The highest BCUT2D eigenvalue weighted by atomic mass is 16.2. The zero-order chi connectivity index (χ0) is 15.8. The molecule has 0 aliphatic rings. The van der Waals surface area contributed by atoms with Crippen LogP contribution in [-0.2, 0) is 9.59 Å². The van der Waals surface area contributed by atoms with E-state index in [9.17, 15) is 9.59 Å². The summed E-state index contributed by atoms with van der Waals surface area (Å²) in [5.74, 6) is -0.340. The number of amides is 2. The van der Waals surface area contributed by atoms with Gasteiger partial charge in [-0.3, -0.25) is 9.59 Å². The highest BCUT2D eigenvalue weighted by molar-refractivity contribution is 6.03. The van der Waals surface area contributed by atoms with Crippen molar-refractivity contribution >= 4 is 17.5 Å². The van der Waals surface area contributed by atoms with Gasteiger partial charge in [0.2, 0.25) is 11.8 Å². The first-order valence-electron chi connectivity index (χ1n) is 7.63. The molecule has 1 aromatic carbocycles. The first-order chi connectivity index (χ1) is 9.99. The molecule has 116 valence electrons. The minimum Gasteiger partial charge on any atom is -0.342 e. The number of hydrogen-bond donors (Lipinski definition) is 1. The maximum absolute atomic E-state index is 12.1. The summed E-state index contributed by atoms with van der Waals surface area (Å²) in [4.78, 5) is 25.9. The molecule has 0 radical (unpaired) electrons. The summed E-state index contributed by atoms with van der Waals surface area (Å²) in [6, 6.07) is 5.77. The van der Waals surface area contributed by atoms with Crippen molar-refractivity contribution in [2.45, 2.75) is 47.0 Å². The molecule has 0 saturated heterocycles. The van der Waals surface area contributed by atoms with E-state index in [1.165, 1.54) is 0 Å². The molecule has 0 aliphatic carbocycles. The largest absolute Gasteiger partial charge is 0.342 e. The number of rotatable bonds is 7. The fourth-order valence-corrected chi connectivity index (χ4v) is 2.23. The van der Waals surface area contributed by atoms with Crippen LogP contribution in [0.4, 0.5) is 5.69 Å². The second-order valence-corrected chi connectivity index (χ2v) is 5.35.